The number of nitrogens with zero attached hydrogens (tertiary/aromatic N) is 7. The number of carbonyl (C=O) groups is 2. The van der Waals surface area contributed by atoms with Gasteiger partial charge in [-0.3, -0.25) is 14.6 Å². The molecular formula is C24H33N7O3. The van der Waals surface area contributed by atoms with Crippen LogP contribution < -0.4 is 4.90 Å². The van der Waals surface area contributed by atoms with E-state index in [-0.39, 0.29) is 11.9 Å². The van der Waals surface area contributed by atoms with Gasteiger partial charge < -0.3 is 24.7 Å². The number of amides is 3. The molecule has 3 amide bonds. The first-order chi connectivity index (χ1) is 16.5. The van der Waals surface area contributed by atoms with Crippen molar-refractivity contribution in [1.29, 1.82) is 0 Å². The second-order valence-corrected chi connectivity index (χ2v) is 9.36. The fraction of sp³-hybridized carbons (Fsp3) is 0.542. The maximum absolute atomic E-state index is 12.7. The van der Waals surface area contributed by atoms with Gasteiger partial charge in [-0.15, -0.1) is 0 Å². The number of likely N-dealkylation sites (N-methyl/N-ethyl adjacent to an activating group) is 2. The van der Waals surface area contributed by atoms with Gasteiger partial charge in [0.15, 0.2) is 12.2 Å². The van der Waals surface area contributed by atoms with Crippen LogP contribution in [0.4, 0.5) is 10.5 Å². The van der Waals surface area contributed by atoms with Crippen LogP contribution in [0.1, 0.15) is 19.3 Å². The molecule has 10 nitrogen and oxygen atoms in total. The number of imide groups is 1. The maximum Gasteiger partial charge on any atom is 0.328 e. The number of hydrogen-bond donors (Lipinski definition) is 1. The molecule has 10 heteroatoms. The Morgan fingerprint density at radius 3 is 2.47 bits per heavy atom. The van der Waals surface area contributed by atoms with E-state index in [1.54, 1.807) is 18.0 Å². The number of phenolic OH excluding ortho intramolecular Hbond substituents is 1. The number of hydrogen-bond acceptors (Lipinski definition) is 8. The fourth-order valence-electron chi connectivity index (χ4n) is 5.22. The van der Waals surface area contributed by atoms with Crippen molar-refractivity contribution in [2.45, 2.75) is 31.5 Å². The molecule has 4 heterocycles. The van der Waals surface area contributed by atoms with Gasteiger partial charge in [-0.25, -0.2) is 9.79 Å². The number of guanidine groups is 1. The summed E-state index contributed by atoms with van der Waals surface area (Å²) in [6.45, 7) is 5.79. The van der Waals surface area contributed by atoms with Crippen molar-refractivity contribution in [2.75, 3.05) is 58.3 Å². The molecule has 2 unspecified atom stereocenters. The predicted octanol–water partition coefficient (Wildman–Crippen LogP) is 1.36. The van der Waals surface area contributed by atoms with Crippen LogP contribution in [0.5, 0.6) is 5.75 Å². The molecular weight excluding hydrogens is 434 g/mol. The Kier molecular flexibility index (Phi) is 6.07. The maximum atomic E-state index is 12.7. The monoisotopic (exact) mass is 467 g/mol. The zero-order chi connectivity index (χ0) is 23.8. The third-order valence-corrected chi connectivity index (χ3v) is 7.26. The van der Waals surface area contributed by atoms with E-state index >= 15 is 0 Å². The Balaban J connectivity index is 1.04. The third-order valence-electron chi connectivity index (χ3n) is 7.26. The van der Waals surface area contributed by atoms with E-state index in [0.29, 0.717) is 5.75 Å². The van der Waals surface area contributed by atoms with Crippen LogP contribution in [0, 0.1) is 0 Å². The predicted molar refractivity (Wildman–Crippen MR) is 129 cm³/mol. The molecule has 0 aromatic heterocycles. The molecule has 4 aliphatic rings. The van der Waals surface area contributed by atoms with Crippen LogP contribution in [-0.4, -0.2) is 113 Å². The number of phenols is 1. The number of aromatic hydroxyl groups is 1. The van der Waals surface area contributed by atoms with Crippen molar-refractivity contribution in [3.05, 3.63) is 36.7 Å². The second-order valence-electron chi connectivity index (χ2n) is 9.36. The summed E-state index contributed by atoms with van der Waals surface area (Å²) in [4.78, 5) is 41.1. The van der Waals surface area contributed by atoms with Gasteiger partial charge in [0.1, 0.15) is 5.75 Å². The molecule has 34 heavy (non-hydrogen) atoms. The summed E-state index contributed by atoms with van der Waals surface area (Å²) in [6.07, 6.45) is 6.71. The average molecular weight is 468 g/mol. The van der Waals surface area contributed by atoms with Crippen molar-refractivity contribution in [3.8, 4) is 5.75 Å². The fourth-order valence-corrected chi connectivity index (χ4v) is 5.22. The molecule has 5 rings (SSSR count). The van der Waals surface area contributed by atoms with Crippen LogP contribution in [0.3, 0.4) is 0 Å². The van der Waals surface area contributed by atoms with Gasteiger partial charge in [-0.05, 0) is 31.5 Å². The molecule has 1 N–H and O–H groups in total. The van der Waals surface area contributed by atoms with Gasteiger partial charge in [0.05, 0.1) is 5.69 Å². The number of unbranched alkanes of at least 4 members (excludes halogenated alkanes) is 2. The second kappa shape index (κ2) is 9.17. The van der Waals surface area contributed by atoms with Crippen molar-refractivity contribution in [2.24, 2.45) is 4.99 Å². The van der Waals surface area contributed by atoms with Gasteiger partial charge >= 0.3 is 6.03 Å². The zero-order valence-electron chi connectivity index (χ0n) is 19.9. The van der Waals surface area contributed by atoms with Crippen LogP contribution in [-0.2, 0) is 4.79 Å². The minimum absolute atomic E-state index is 0.207. The van der Waals surface area contributed by atoms with Crippen molar-refractivity contribution < 1.29 is 14.7 Å². The molecule has 1 aromatic carbocycles. The summed E-state index contributed by atoms with van der Waals surface area (Å²) in [7, 11) is 3.23. The Bertz CT molecular complexity index is 1000. The number of piperazine rings is 1. The van der Waals surface area contributed by atoms with Crippen LogP contribution >= 0.6 is 0 Å². The first kappa shape index (κ1) is 22.5. The molecule has 2 saturated heterocycles. The molecule has 1 aromatic rings. The van der Waals surface area contributed by atoms with E-state index in [0.717, 1.165) is 70.2 Å². The number of fused-ring (bicyclic) bond motifs is 3. The number of para-hydroxylation sites is 2. The smallest absolute Gasteiger partial charge is 0.328 e. The van der Waals surface area contributed by atoms with Crippen LogP contribution in [0.25, 0.3) is 0 Å². The number of aliphatic imine (C=N–C) groups is 1. The number of urea groups is 1. The molecule has 0 radical (unpaired) electrons. The Morgan fingerprint density at radius 1 is 0.971 bits per heavy atom. The summed E-state index contributed by atoms with van der Waals surface area (Å²) in [6, 6.07) is 6.76. The summed E-state index contributed by atoms with van der Waals surface area (Å²) in [5.74, 6) is 0.908. The quantitative estimate of drug-likeness (QED) is 0.606. The minimum Gasteiger partial charge on any atom is -0.506 e. The lowest BCUT2D eigenvalue weighted by Crippen LogP contribution is -2.63. The van der Waals surface area contributed by atoms with Gasteiger partial charge in [0.25, 0.3) is 5.91 Å². The van der Waals surface area contributed by atoms with E-state index in [4.69, 9.17) is 4.99 Å². The zero-order valence-corrected chi connectivity index (χ0v) is 19.9. The first-order valence-corrected chi connectivity index (χ1v) is 12.1. The minimum atomic E-state index is -0.472. The van der Waals surface area contributed by atoms with Crippen LogP contribution in [0.15, 0.2) is 41.7 Å². The average Bonchev–Trinajstić information content (AvgIpc) is 3.42. The summed E-state index contributed by atoms with van der Waals surface area (Å²) < 4.78 is 0. The lowest BCUT2D eigenvalue weighted by Gasteiger charge is -2.38. The number of anilines is 1. The molecule has 0 aliphatic carbocycles. The normalized spacial score (nSPS) is 24.8. The summed E-state index contributed by atoms with van der Waals surface area (Å²) in [5, 5.41) is 10.1. The lowest BCUT2D eigenvalue weighted by atomic mass is 10.1. The van der Waals surface area contributed by atoms with E-state index in [2.05, 4.69) is 14.7 Å². The van der Waals surface area contributed by atoms with Gasteiger partial charge in [-0.2, -0.15) is 0 Å². The molecule has 0 bridgehead atoms. The first-order valence-electron chi connectivity index (χ1n) is 12.1. The molecule has 2 fully saturated rings. The van der Waals surface area contributed by atoms with Crippen LogP contribution in [0.2, 0.25) is 0 Å². The summed E-state index contributed by atoms with van der Waals surface area (Å²) >= 11 is 0. The van der Waals surface area contributed by atoms with Gasteiger partial charge in [0.2, 0.25) is 5.96 Å². The number of benzene rings is 1. The molecule has 2 atom stereocenters. The van der Waals surface area contributed by atoms with Gasteiger partial charge in [0, 0.05) is 59.2 Å². The highest BCUT2D eigenvalue weighted by molar-refractivity contribution is 6.04. The summed E-state index contributed by atoms with van der Waals surface area (Å²) in [5.41, 5.74) is 0.924. The van der Waals surface area contributed by atoms with E-state index in [1.165, 1.54) is 11.9 Å². The largest absolute Gasteiger partial charge is 0.506 e. The highest BCUT2D eigenvalue weighted by Crippen LogP contribution is 2.31. The Hall–Kier alpha value is -3.27. The standard InChI is InChI=1S/C24H33N7O3/c1-26-21-20(22(33)27(2)24(26)34)31-17-16-30(23(31)25-21)11-7-3-6-10-28-12-14-29(15-13-28)18-8-4-5-9-19(18)32/h4-5,8-9,16-17,20-21,32H,3,6-7,10-15H2,1-2H3. The Morgan fingerprint density at radius 2 is 1.71 bits per heavy atom. The molecule has 4 aliphatic heterocycles. The Labute approximate surface area is 200 Å². The molecule has 0 spiro atoms. The third kappa shape index (κ3) is 3.96. The molecule has 182 valence electrons. The van der Waals surface area contributed by atoms with Crippen molar-refractivity contribution >= 4 is 23.6 Å². The van der Waals surface area contributed by atoms with E-state index in [1.807, 2.05) is 35.5 Å². The topological polar surface area (TPSA) is 86.2 Å². The SMILES string of the molecule is CN1C(=O)C2C(N=C3N(CCCCCN4CCN(c5ccccc5O)CC4)C=CN32)N(C)C1=O. The number of carbonyl (C=O) groups excluding carboxylic acids is 2. The van der Waals surface area contributed by atoms with E-state index < -0.39 is 12.2 Å². The van der Waals surface area contributed by atoms with Gasteiger partial charge in [-0.1, -0.05) is 18.6 Å². The van der Waals surface area contributed by atoms with E-state index in [9.17, 15) is 14.7 Å². The highest BCUT2D eigenvalue weighted by atomic mass is 16.3. The van der Waals surface area contributed by atoms with Crippen molar-refractivity contribution in [3.63, 3.8) is 0 Å². The molecule has 0 saturated carbocycles. The highest BCUT2D eigenvalue weighted by Gasteiger charge is 2.52. The van der Waals surface area contributed by atoms with Crippen molar-refractivity contribution in [1.82, 2.24) is 24.5 Å². The lowest BCUT2D eigenvalue weighted by molar-refractivity contribution is -0.135. The number of rotatable bonds is 7.